The third kappa shape index (κ3) is 1.21. The molecule has 0 aliphatic carbocycles. The molecule has 1 aliphatic heterocycles. The Morgan fingerprint density at radius 3 is 2.00 bits per heavy atom. The number of hydrogen-bond donors (Lipinski definition) is 0. The van der Waals surface area contributed by atoms with Gasteiger partial charge in [0.1, 0.15) is 6.79 Å². The van der Waals surface area contributed by atoms with Gasteiger partial charge in [0.25, 0.3) is 0 Å². The molecule has 36 valence electrons. The van der Waals surface area contributed by atoms with E-state index < -0.39 is 0 Å². The van der Waals surface area contributed by atoms with Crippen molar-refractivity contribution in [2.45, 2.75) is 0 Å². The lowest BCUT2D eigenvalue weighted by atomic mass is 11.3. The van der Waals surface area contributed by atoms with Gasteiger partial charge in [0, 0.05) is 0 Å². The lowest BCUT2D eigenvalue weighted by Gasteiger charge is -2.09. The van der Waals surface area contributed by atoms with Crippen LogP contribution in [-0.2, 0) is 9.47 Å². The average molecular weight is 106 g/mol. The van der Waals surface area contributed by atoms with Crippen LogP contribution in [0.3, 0.4) is 0 Å². The number of ether oxygens (including phenoxy) is 2. The third-order valence-corrected chi connectivity index (χ3v) is 1.39. The maximum atomic E-state index is 4.86. The maximum absolute atomic E-state index is 4.86. The van der Waals surface area contributed by atoms with Crippen LogP contribution in [0.4, 0.5) is 0 Å². The normalized spacial score (nSPS) is 24.0. The Labute approximate surface area is 38.6 Å². The Balaban J connectivity index is 2.00. The molecular formula is C3H7O2P. The van der Waals surface area contributed by atoms with E-state index in [4.69, 9.17) is 9.47 Å². The first-order valence-corrected chi connectivity index (χ1v) is 3.28. The molecule has 3 heteroatoms. The van der Waals surface area contributed by atoms with Gasteiger partial charge >= 0.3 is 0 Å². The SMILES string of the molecule is C1OCPCO1. The molecule has 0 saturated carbocycles. The fourth-order valence-electron chi connectivity index (χ4n) is 0.328. The highest BCUT2D eigenvalue weighted by atomic mass is 31.1. The molecule has 0 aromatic heterocycles. The molecule has 0 aromatic carbocycles. The fraction of sp³-hybridized carbons (Fsp3) is 1.00. The largest absolute Gasteiger partial charge is 0.351 e. The highest BCUT2D eigenvalue weighted by Gasteiger charge is 1.93. The van der Waals surface area contributed by atoms with Crippen LogP contribution >= 0.6 is 8.58 Å². The van der Waals surface area contributed by atoms with Gasteiger partial charge in [0.15, 0.2) is 0 Å². The molecule has 0 spiro atoms. The molecule has 0 bridgehead atoms. The summed E-state index contributed by atoms with van der Waals surface area (Å²) in [6.45, 7) is 0.507. The van der Waals surface area contributed by atoms with Gasteiger partial charge in [-0.3, -0.25) is 0 Å². The molecule has 0 unspecified atom stereocenters. The van der Waals surface area contributed by atoms with Gasteiger partial charge in [0.2, 0.25) is 0 Å². The van der Waals surface area contributed by atoms with Gasteiger partial charge < -0.3 is 9.47 Å². The molecule has 0 aromatic rings. The first-order valence-electron chi connectivity index (χ1n) is 1.86. The molecule has 0 amide bonds. The number of rotatable bonds is 0. The van der Waals surface area contributed by atoms with Gasteiger partial charge in [-0.25, -0.2) is 0 Å². The van der Waals surface area contributed by atoms with Crippen molar-refractivity contribution in [3.05, 3.63) is 0 Å². The topological polar surface area (TPSA) is 18.5 Å². The van der Waals surface area contributed by atoms with Crippen LogP contribution in [-0.4, -0.2) is 19.5 Å². The van der Waals surface area contributed by atoms with Crippen molar-refractivity contribution in [1.29, 1.82) is 0 Å². The molecule has 0 atom stereocenters. The van der Waals surface area contributed by atoms with Crippen LogP contribution in [0.2, 0.25) is 0 Å². The first kappa shape index (κ1) is 4.51. The van der Waals surface area contributed by atoms with Gasteiger partial charge in [-0.05, 0) is 0 Å². The zero-order valence-electron chi connectivity index (χ0n) is 3.44. The lowest BCUT2D eigenvalue weighted by Crippen LogP contribution is -2.03. The molecule has 0 radical (unpaired) electrons. The van der Waals surface area contributed by atoms with E-state index in [1.807, 2.05) is 0 Å². The lowest BCUT2D eigenvalue weighted by molar-refractivity contribution is -0.0323. The summed E-state index contributed by atoms with van der Waals surface area (Å²) >= 11 is 0. The van der Waals surface area contributed by atoms with E-state index in [1.165, 1.54) is 0 Å². The summed E-state index contributed by atoms with van der Waals surface area (Å²) in [5.74, 6) is 0. The summed E-state index contributed by atoms with van der Waals surface area (Å²) in [7, 11) is 0.857. The third-order valence-electron chi connectivity index (χ3n) is 0.575. The molecular weight excluding hydrogens is 99.0 g/mol. The summed E-state index contributed by atoms with van der Waals surface area (Å²) in [5.41, 5.74) is 0. The highest BCUT2D eigenvalue weighted by Crippen LogP contribution is 2.13. The van der Waals surface area contributed by atoms with Crippen molar-refractivity contribution in [1.82, 2.24) is 0 Å². The Morgan fingerprint density at radius 2 is 1.83 bits per heavy atom. The summed E-state index contributed by atoms with van der Waals surface area (Å²) in [6, 6.07) is 0. The molecule has 1 fully saturated rings. The molecule has 1 rings (SSSR count). The highest BCUT2D eigenvalue weighted by molar-refractivity contribution is 7.37. The standard InChI is InChI=1S/C3H7O2P/c1-4-2-6-3-5-1/h6H,1-3H2. The molecule has 2 nitrogen and oxygen atoms in total. The van der Waals surface area contributed by atoms with Crippen molar-refractivity contribution in [3.8, 4) is 0 Å². The average Bonchev–Trinajstić information content (AvgIpc) is 1.72. The second kappa shape index (κ2) is 2.51. The van der Waals surface area contributed by atoms with Crippen LogP contribution in [0.1, 0.15) is 0 Å². The van der Waals surface area contributed by atoms with Crippen LogP contribution in [0.15, 0.2) is 0 Å². The Morgan fingerprint density at radius 1 is 1.17 bits per heavy atom. The smallest absolute Gasteiger partial charge is 0.147 e. The van der Waals surface area contributed by atoms with Gasteiger partial charge in [0.05, 0.1) is 12.7 Å². The van der Waals surface area contributed by atoms with Crippen LogP contribution < -0.4 is 0 Å². The van der Waals surface area contributed by atoms with Gasteiger partial charge in [-0.1, -0.05) is 8.58 Å². The second-order valence-electron chi connectivity index (χ2n) is 1.06. The van der Waals surface area contributed by atoms with Crippen molar-refractivity contribution < 1.29 is 9.47 Å². The van der Waals surface area contributed by atoms with Crippen molar-refractivity contribution in [3.63, 3.8) is 0 Å². The Hall–Kier alpha value is 0.350. The molecule has 1 heterocycles. The van der Waals surface area contributed by atoms with E-state index in [2.05, 4.69) is 0 Å². The molecule has 1 saturated heterocycles. The van der Waals surface area contributed by atoms with Crippen LogP contribution in [0.25, 0.3) is 0 Å². The van der Waals surface area contributed by atoms with E-state index in [9.17, 15) is 0 Å². The van der Waals surface area contributed by atoms with E-state index >= 15 is 0 Å². The van der Waals surface area contributed by atoms with Gasteiger partial charge in [-0.15, -0.1) is 0 Å². The van der Waals surface area contributed by atoms with E-state index in [0.29, 0.717) is 6.79 Å². The Bertz CT molecular complexity index is 24.3. The first-order chi connectivity index (χ1) is 3.00. The van der Waals surface area contributed by atoms with Crippen molar-refractivity contribution >= 4 is 8.58 Å². The zero-order chi connectivity index (χ0) is 4.24. The maximum Gasteiger partial charge on any atom is 0.147 e. The molecule has 1 aliphatic rings. The van der Waals surface area contributed by atoms with Crippen molar-refractivity contribution in [2.24, 2.45) is 0 Å². The van der Waals surface area contributed by atoms with E-state index in [0.717, 1.165) is 21.3 Å². The summed E-state index contributed by atoms with van der Waals surface area (Å²) in [4.78, 5) is 0. The fourth-order valence-corrected chi connectivity index (χ4v) is 0.867. The van der Waals surface area contributed by atoms with Crippen LogP contribution in [0, 0.1) is 0 Å². The van der Waals surface area contributed by atoms with Crippen molar-refractivity contribution in [2.75, 3.05) is 19.5 Å². The minimum absolute atomic E-state index is 0.507. The second-order valence-corrected chi connectivity index (χ2v) is 2.14. The molecule has 6 heavy (non-hydrogen) atoms. The predicted molar refractivity (Wildman–Crippen MR) is 25.1 cm³/mol. The number of hydrogen-bond acceptors (Lipinski definition) is 2. The Kier molecular flexibility index (Phi) is 1.89. The minimum Gasteiger partial charge on any atom is -0.351 e. The summed E-state index contributed by atoms with van der Waals surface area (Å²) in [6.07, 6.45) is 1.81. The summed E-state index contributed by atoms with van der Waals surface area (Å²) in [5, 5.41) is 0. The van der Waals surface area contributed by atoms with E-state index in [-0.39, 0.29) is 0 Å². The quantitative estimate of drug-likeness (QED) is 0.420. The predicted octanol–water partition coefficient (Wildman–Crippen LogP) is 0.584. The zero-order valence-corrected chi connectivity index (χ0v) is 4.44. The molecule has 0 N–H and O–H groups in total. The van der Waals surface area contributed by atoms with Gasteiger partial charge in [-0.2, -0.15) is 0 Å². The monoisotopic (exact) mass is 106 g/mol. The summed E-state index contributed by atoms with van der Waals surface area (Å²) < 4.78 is 9.72. The van der Waals surface area contributed by atoms with Crippen LogP contribution in [0.5, 0.6) is 0 Å². The van der Waals surface area contributed by atoms with E-state index in [1.54, 1.807) is 0 Å². The minimum atomic E-state index is 0.507.